The number of carbonyl (C=O) groups excluding carboxylic acids is 1. The second-order valence-electron chi connectivity index (χ2n) is 3.92. The second kappa shape index (κ2) is 8.01. The maximum atomic E-state index is 12.0. The van der Waals surface area contributed by atoms with Gasteiger partial charge in [0.2, 0.25) is 5.91 Å². The van der Waals surface area contributed by atoms with Crippen LogP contribution in [0.25, 0.3) is 0 Å². The number of benzene rings is 1. The Labute approximate surface area is 123 Å². The SMILES string of the molecule is COc1ccccc1NC(=O)C(C)SCCC(N)=S. The molecule has 1 aromatic carbocycles. The first-order valence-electron chi connectivity index (χ1n) is 5.88. The normalized spacial score (nSPS) is 11.7. The number of hydrogen-bond donors (Lipinski definition) is 2. The predicted molar refractivity (Wildman–Crippen MR) is 84.9 cm³/mol. The second-order valence-corrected chi connectivity index (χ2v) is 5.89. The van der Waals surface area contributed by atoms with Crippen LogP contribution >= 0.6 is 24.0 Å². The Balaban J connectivity index is 2.51. The molecule has 4 nitrogen and oxygen atoms in total. The molecule has 19 heavy (non-hydrogen) atoms. The monoisotopic (exact) mass is 298 g/mol. The fraction of sp³-hybridized carbons (Fsp3) is 0.385. The highest BCUT2D eigenvalue weighted by Crippen LogP contribution is 2.24. The molecule has 0 saturated carbocycles. The lowest BCUT2D eigenvalue weighted by Gasteiger charge is -2.13. The minimum Gasteiger partial charge on any atom is -0.495 e. The van der Waals surface area contributed by atoms with Gasteiger partial charge in [0.15, 0.2) is 0 Å². The number of ether oxygens (including phenoxy) is 1. The molecule has 1 atom stereocenters. The minimum atomic E-state index is -0.167. The summed E-state index contributed by atoms with van der Waals surface area (Å²) in [4.78, 5) is 12.5. The van der Waals surface area contributed by atoms with Crippen LogP contribution in [-0.2, 0) is 4.79 Å². The summed E-state index contributed by atoms with van der Waals surface area (Å²) in [6.45, 7) is 1.86. The molecule has 1 amide bonds. The van der Waals surface area contributed by atoms with E-state index in [9.17, 15) is 4.79 Å². The molecule has 0 aliphatic rings. The summed E-state index contributed by atoms with van der Waals surface area (Å²) >= 11 is 6.32. The summed E-state index contributed by atoms with van der Waals surface area (Å²) in [7, 11) is 1.57. The molecule has 0 bridgehead atoms. The molecule has 1 rings (SSSR count). The van der Waals surface area contributed by atoms with Crippen LogP contribution in [0.3, 0.4) is 0 Å². The van der Waals surface area contributed by atoms with Crippen molar-refractivity contribution in [1.29, 1.82) is 0 Å². The first-order valence-corrected chi connectivity index (χ1v) is 7.34. The van der Waals surface area contributed by atoms with Crippen LogP contribution in [0.5, 0.6) is 5.75 Å². The highest BCUT2D eigenvalue weighted by Gasteiger charge is 2.15. The van der Waals surface area contributed by atoms with E-state index in [0.717, 1.165) is 5.75 Å². The Hall–Kier alpha value is -1.27. The van der Waals surface area contributed by atoms with E-state index in [1.807, 2.05) is 25.1 Å². The number of carbonyl (C=O) groups is 1. The van der Waals surface area contributed by atoms with Gasteiger partial charge in [0.05, 0.1) is 23.0 Å². The molecule has 1 aromatic rings. The van der Waals surface area contributed by atoms with E-state index in [4.69, 9.17) is 22.7 Å². The fourth-order valence-electron chi connectivity index (χ4n) is 1.39. The molecule has 0 heterocycles. The molecular formula is C13H18N2O2S2. The number of nitrogens with two attached hydrogens (primary N) is 1. The number of methoxy groups -OCH3 is 1. The Bertz CT molecular complexity index is 452. The van der Waals surface area contributed by atoms with Crippen LogP contribution in [-0.4, -0.2) is 29.0 Å². The maximum Gasteiger partial charge on any atom is 0.237 e. The van der Waals surface area contributed by atoms with Crippen molar-refractivity contribution in [3.05, 3.63) is 24.3 Å². The third kappa shape index (κ3) is 5.48. The number of para-hydroxylation sites is 2. The highest BCUT2D eigenvalue weighted by atomic mass is 32.2. The lowest BCUT2D eigenvalue weighted by molar-refractivity contribution is -0.115. The smallest absolute Gasteiger partial charge is 0.237 e. The average molecular weight is 298 g/mol. The van der Waals surface area contributed by atoms with Crippen LogP contribution in [0.4, 0.5) is 5.69 Å². The summed E-state index contributed by atoms with van der Waals surface area (Å²) in [6.07, 6.45) is 0.645. The molecule has 0 radical (unpaired) electrons. The van der Waals surface area contributed by atoms with Gasteiger partial charge < -0.3 is 15.8 Å². The van der Waals surface area contributed by atoms with E-state index >= 15 is 0 Å². The van der Waals surface area contributed by atoms with Crippen molar-refractivity contribution >= 4 is 40.6 Å². The van der Waals surface area contributed by atoms with Crippen molar-refractivity contribution in [2.24, 2.45) is 5.73 Å². The highest BCUT2D eigenvalue weighted by molar-refractivity contribution is 8.00. The Kier molecular flexibility index (Phi) is 6.66. The number of thiocarbonyl (C=S) groups is 1. The molecule has 0 aliphatic carbocycles. The quantitative estimate of drug-likeness (QED) is 0.757. The molecule has 0 fully saturated rings. The van der Waals surface area contributed by atoms with Crippen molar-refractivity contribution in [2.45, 2.75) is 18.6 Å². The summed E-state index contributed by atoms with van der Waals surface area (Å²) in [5, 5.41) is 2.68. The van der Waals surface area contributed by atoms with Crippen molar-refractivity contribution in [2.75, 3.05) is 18.2 Å². The average Bonchev–Trinajstić information content (AvgIpc) is 2.38. The number of thioether (sulfide) groups is 1. The predicted octanol–water partition coefficient (Wildman–Crippen LogP) is 2.43. The molecule has 104 valence electrons. The zero-order valence-electron chi connectivity index (χ0n) is 11.0. The van der Waals surface area contributed by atoms with Crippen molar-refractivity contribution in [3.63, 3.8) is 0 Å². The molecule has 0 aromatic heterocycles. The van der Waals surface area contributed by atoms with Gasteiger partial charge in [-0.1, -0.05) is 24.4 Å². The van der Waals surface area contributed by atoms with Crippen molar-refractivity contribution < 1.29 is 9.53 Å². The number of amides is 1. The van der Waals surface area contributed by atoms with E-state index < -0.39 is 0 Å². The van der Waals surface area contributed by atoms with Gasteiger partial charge in [0.25, 0.3) is 0 Å². The fourth-order valence-corrected chi connectivity index (χ4v) is 2.53. The van der Waals surface area contributed by atoms with Gasteiger partial charge in [-0.3, -0.25) is 4.79 Å². The number of anilines is 1. The van der Waals surface area contributed by atoms with Crippen molar-refractivity contribution in [1.82, 2.24) is 0 Å². The van der Waals surface area contributed by atoms with Crippen LogP contribution in [0.15, 0.2) is 24.3 Å². The zero-order valence-corrected chi connectivity index (χ0v) is 12.6. The van der Waals surface area contributed by atoms with Crippen molar-refractivity contribution in [3.8, 4) is 5.75 Å². The first kappa shape index (κ1) is 15.8. The minimum absolute atomic E-state index is 0.0579. The van der Waals surface area contributed by atoms with Crippen LogP contribution in [0, 0.1) is 0 Å². The van der Waals surface area contributed by atoms with E-state index in [2.05, 4.69) is 5.32 Å². The van der Waals surface area contributed by atoms with Gasteiger partial charge in [0, 0.05) is 12.2 Å². The molecule has 3 N–H and O–H groups in total. The summed E-state index contributed by atoms with van der Waals surface area (Å²) in [5.41, 5.74) is 6.09. The Morgan fingerprint density at radius 3 is 2.84 bits per heavy atom. The molecule has 1 unspecified atom stereocenters. The lowest BCUT2D eigenvalue weighted by Crippen LogP contribution is -2.23. The maximum absolute atomic E-state index is 12.0. The third-order valence-corrected chi connectivity index (χ3v) is 3.81. The molecule has 6 heteroatoms. The van der Waals surface area contributed by atoms with Gasteiger partial charge in [-0.15, -0.1) is 11.8 Å². The first-order chi connectivity index (χ1) is 9.04. The van der Waals surface area contributed by atoms with Gasteiger partial charge in [0.1, 0.15) is 5.75 Å². The Morgan fingerprint density at radius 1 is 1.53 bits per heavy atom. The topological polar surface area (TPSA) is 64.3 Å². The summed E-state index contributed by atoms with van der Waals surface area (Å²) < 4.78 is 5.18. The molecule has 0 aliphatic heterocycles. The largest absolute Gasteiger partial charge is 0.495 e. The van der Waals surface area contributed by atoms with E-state index in [-0.39, 0.29) is 11.2 Å². The molecular weight excluding hydrogens is 280 g/mol. The number of nitrogens with one attached hydrogen (secondary N) is 1. The van der Waals surface area contributed by atoms with Gasteiger partial charge in [-0.25, -0.2) is 0 Å². The number of hydrogen-bond acceptors (Lipinski definition) is 4. The zero-order chi connectivity index (χ0) is 14.3. The van der Waals surface area contributed by atoms with E-state index in [0.29, 0.717) is 22.8 Å². The number of rotatable bonds is 7. The molecule has 0 saturated heterocycles. The lowest BCUT2D eigenvalue weighted by atomic mass is 10.3. The van der Waals surface area contributed by atoms with Gasteiger partial charge in [-0.05, 0) is 19.1 Å². The summed E-state index contributed by atoms with van der Waals surface area (Å²) in [5.74, 6) is 1.34. The Morgan fingerprint density at radius 2 is 2.21 bits per heavy atom. The molecule has 0 spiro atoms. The van der Waals surface area contributed by atoms with Crippen LogP contribution in [0.2, 0.25) is 0 Å². The van der Waals surface area contributed by atoms with Gasteiger partial charge >= 0.3 is 0 Å². The summed E-state index contributed by atoms with van der Waals surface area (Å²) in [6, 6.07) is 7.32. The van der Waals surface area contributed by atoms with Crippen LogP contribution < -0.4 is 15.8 Å². The van der Waals surface area contributed by atoms with E-state index in [1.165, 1.54) is 11.8 Å². The van der Waals surface area contributed by atoms with Crippen LogP contribution in [0.1, 0.15) is 13.3 Å². The standard InChI is InChI=1S/C13H18N2O2S2/c1-9(19-8-7-12(14)18)13(16)15-10-5-3-4-6-11(10)17-2/h3-6,9H,7-8H2,1-2H3,(H2,14,18)(H,15,16). The van der Waals surface area contributed by atoms with E-state index in [1.54, 1.807) is 13.2 Å². The van der Waals surface area contributed by atoms with Gasteiger partial charge in [-0.2, -0.15) is 0 Å². The third-order valence-electron chi connectivity index (χ3n) is 2.45.